The molecule has 0 atom stereocenters. The van der Waals surface area contributed by atoms with Gasteiger partial charge in [-0.05, 0) is 29.9 Å². The molecule has 3 aromatic rings. The average molecular weight is 447 g/mol. The third kappa shape index (κ3) is 5.08. The first kappa shape index (κ1) is 22.2. The molecular formula is C24H26N6O3. The zero-order valence-electron chi connectivity index (χ0n) is 18.3. The highest BCUT2D eigenvalue weighted by Crippen LogP contribution is 2.34. The molecule has 1 aliphatic heterocycles. The van der Waals surface area contributed by atoms with Crippen LogP contribution >= 0.6 is 0 Å². The van der Waals surface area contributed by atoms with Gasteiger partial charge >= 0.3 is 5.69 Å². The van der Waals surface area contributed by atoms with Gasteiger partial charge in [0.1, 0.15) is 6.33 Å². The summed E-state index contributed by atoms with van der Waals surface area (Å²) >= 11 is 0. The first-order valence-corrected chi connectivity index (χ1v) is 10.9. The lowest BCUT2D eigenvalue weighted by molar-refractivity contribution is -0.383. The number of aromatic nitrogens is 2. The van der Waals surface area contributed by atoms with Crippen molar-refractivity contribution in [2.24, 2.45) is 5.92 Å². The van der Waals surface area contributed by atoms with E-state index in [1.807, 2.05) is 65.6 Å². The molecular weight excluding hydrogens is 420 g/mol. The molecule has 2 N–H and O–H groups in total. The van der Waals surface area contributed by atoms with Crippen LogP contribution in [-0.4, -0.2) is 33.9 Å². The zero-order valence-corrected chi connectivity index (χ0v) is 18.3. The van der Waals surface area contributed by atoms with Crippen molar-refractivity contribution in [3.05, 3.63) is 88.2 Å². The summed E-state index contributed by atoms with van der Waals surface area (Å²) in [4.78, 5) is 34.8. The van der Waals surface area contributed by atoms with Crippen LogP contribution in [0, 0.1) is 16.0 Å². The van der Waals surface area contributed by atoms with E-state index in [2.05, 4.69) is 27.7 Å². The van der Waals surface area contributed by atoms with E-state index in [0.29, 0.717) is 19.0 Å². The topological polar surface area (TPSA) is 113 Å². The highest BCUT2D eigenvalue weighted by molar-refractivity contribution is 5.88. The fraction of sp³-hybridized carbons (Fsp3) is 0.292. The first-order chi connectivity index (χ1) is 16.0. The Hall–Kier alpha value is -4.01. The van der Waals surface area contributed by atoms with Crippen LogP contribution in [0.2, 0.25) is 0 Å². The lowest BCUT2D eigenvalue weighted by atomic mass is 9.91. The van der Waals surface area contributed by atoms with Crippen LogP contribution in [0.3, 0.4) is 0 Å². The molecule has 1 aromatic heterocycles. The minimum Gasteiger partial charge on any atom is -0.351 e. The predicted molar refractivity (Wildman–Crippen MR) is 126 cm³/mol. The van der Waals surface area contributed by atoms with Crippen LogP contribution in [0.25, 0.3) is 0 Å². The second-order valence-corrected chi connectivity index (χ2v) is 8.19. The molecule has 2 aromatic carbocycles. The van der Waals surface area contributed by atoms with Gasteiger partial charge in [-0.25, -0.2) is 9.97 Å². The standard InChI is InChI=1S/C24H26N6O3/c1-17-12-14-29(15-13-17)23-21(30(32)33)22(25-16-26-23)27-28-24(31)20(18-8-4-2-5-9-18)19-10-6-3-7-11-19/h2-11,16-17,20H,12-15H2,1H3,(H,28,31)(H,25,26,27). The van der Waals surface area contributed by atoms with Crippen LogP contribution in [0.1, 0.15) is 36.8 Å². The van der Waals surface area contributed by atoms with Crippen molar-refractivity contribution >= 4 is 23.2 Å². The van der Waals surface area contributed by atoms with Crippen molar-refractivity contribution in [1.82, 2.24) is 15.4 Å². The van der Waals surface area contributed by atoms with Gasteiger partial charge in [-0.2, -0.15) is 0 Å². The molecule has 170 valence electrons. The Labute approximate surface area is 192 Å². The number of piperidine rings is 1. The molecule has 9 nitrogen and oxygen atoms in total. The van der Waals surface area contributed by atoms with E-state index in [1.165, 1.54) is 6.33 Å². The van der Waals surface area contributed by atoms with E-state index in [1.54, 1.807) is 0 Å². The fourth-order valence-electron chi connectivity index (χ4n) is 4.06. The number of amides is 1. The molecule has 0 saturated carbocycles. The van der Waals surface area contributed by atoms with E-state index < -0.39 is 10.8 Å². The highest BCUT2D eigenvalue weighted by atomic mass is 16.6. The molecule has 1 aliphatic rings. The lowest BCUT2D eigenvalue weighted by Crippen LogP contribution is -2.36. The van der Waals surface area contributed by atoms with Crippen LogP contribution in [-0.2, 0) is 4.79 Å². The quantitative estimate of drug-likeness (QED) is 0.418. The molecule has 33 heavy (non-hydrogen) atoms. The van der Waals surface area contributed by atoms with Gasteiger partial charge in [0.05, 0.1) is 10.8 Å². The van der Waals surface area contributed by atoms with Crippen molar-refractivity contribution in [1.29, 1.82) is 0 Å². The predicted octanol–water partition coefficient (Wildman–Crippen LogP) is 3.90. The summed E-state index contributed by atoms with van der Waals surface area (Å²) in [6.07, 6.45) is 3.16. The van der Waals surface area contributed by atoms with Gasteiger partial charge in [0.15, 0.2) is 0 Å². The highest BCUT2D eigenvalue weighted by Gasteiger charge is 2.30. The van der Waals surface area contributed by atoms with Gasteiger partial charge < -0.3 is 4.90 Å². The smallest absolute Gasteiger partial charge is 0.351 e. The fourth-order valence-corrected chi connectivity index (χ4v) is 4.06. The van der Waals surface area contributed by atoms with E-state index in [0.717, 1.165) is 24.0 Å². The van der Waals surface area contributed by atoms with Gasteiger partial charge in [0, 0.05) is 13.1 Å². The Morgan fingerprint density at radius 2 is 1.61 bits per heavy atom. The lowest BCUT2D eigenvalue weighted by Gasteiger charge is -2.30. The van der Waals surface area contributed by atoms with Crippen LogP contribution in [0.5, 0.6) is 0 Å². The molecule has 0 unspecified atom stereocenters. The van der Waals surface area contributed by atoms with Crippen molar-refractivity contribution < 1.29 is 9.72 Å². The molecule has 0 aliphatic carbocycles. The van der Waals surface area contributed by atoms with E-state index in [9.17, 15) is 14.9 Å². The molecule has 0 spiro atoms. The van der Waals surface area contributed by atoms with Gasteiger partial charge in [0.25, 0.3) is 0 Å². The summed E-state index contributed by atoms with van der Waals surface area (Å²) in [5.41, 5.74) is 6.68. The van der Waals surface area contributed by atoms with Gasteiger partial charge in [-0.3, -0.25) is 25.8 Å². The third-order valence-corrected chi connectivity index (χ3v) is 5.90. The maximum Gasteiger partial charge on any atom is 0.355 e. The number of anilines is 2. The Kier molecular flexibility index (Phi) is 6.77. The van der Waals surface area contributed by atoms with Gasteiger partial charge in [-0.15, -0.1) is 0 Å². The number of nitrogens with zero attached hydrogens (tertiary/aromatic N) is 4. The molecule has 1 fully saturated rings. The van der Waals surface area contributed by atoms with Crippen LogP contribution < -0.4 is 15.8 Å². The van der Waals surface area contributed by atoms with Gasteiger partial charge in [-0.1, -0.05) is 67.6 Å². The molecule has 2 heterocycles. The Morgan fingerprint density at radius 3 is 2.15 bits per heavy atom. The summed E-state index contributed by atoms with van der Waals surface area (Å²) in [6.45, 7) is 3.55. The van der Waals surface area contributed by atoms with Crippen molar-refractivity contribution in [3.8, 4) is 0 Å². The maximum atomic E-state index is 13.2. The number of carbonyl (C=O) groups is 1. The molecule has 1 amide bonds. The SMILES string of the molecule is CC1CCN(c2ncnc(NNC(=O)C(c3ccccc3)c3ccccc3)c2[N+](=O)[O-])CC1. The second-order valence-electron chi connectivity index (χ2n) is 8.19. The molecule has 1 saturated heterocycles. The van der Waals surface area contributed by atoms with E-state index in [4.69, 9.17) is 0 Å². The Bertz CT molecular complexity index is 1060. The number of hydrogen-bond acceptors (Lipinski definition) is 7. The number of nitro groups is 1. The number of rotatable bonds is 7. The van der Waals surface area contributed by atoms with Crippen LogP contribution in [0.15, 0.2) is 67.0 Å². The van der Waals surface area contributed by atoms with E-state index >= 15 is 0 Å². The number of hydrazine groups is 1. The molecule has 9 heteroatoms. The number of carbonyl (C=O) groups excluding carboxylic acids is 1. The Morgan fingerprint density at radius 1 is 1.03 bits per heavy atom. The third-order valence-electron chi connectivity index (χ3n) is 5.90. The maximum absolute atomic E-state index is 13.2. The number of hydrogen-bond donors (Lipinski definition) is 2. The van der Waals surface area contributed by atoms with Gasteiger partial charge in [0.2, 0.25) is 17.5 Å². The minimum absolute atomic E-state index is 0.0446. The molecule has 4 rings (SSSR count). The molecule has 0 radical (unpaired) electrons. The summed E-state index contributed by atoms with van der Waals surface area (Å²) in [5, 5.41) is 11.9. The van der Waals surface area contributed by atoms with E-state index in [-0.39, 0.29) is 23.2 Å². The monoisotopic (exact) mass is 446 g/mol. The normalized spacial score (nSPS) is 14.2. The largest absolute Gasteiger partial charge is 0.355 e. The number of benzene rings is 2. The van der Waals surface area contributed by atoms with Crippen molar-refractivity contribution in [3.63, 3.8) is 0 Å². The average Bonchev–Trinajstić information content (AvgIpc) is 2.84. The summed E-state index contributed by atoms with van der Waals surface area (Å²) in [5.74, 6) is -0.150. The molecule has 0 bridgehead atoms. The summed E-state index contributed by atoms with van der Waals surface area (Å²) in [7, 11) is 0. The second kappa shape index (κ2) is 10.1. The summed E-state index contributed by atoms with van der Waals surface area (Å²) < 4.78 is 0. The number of nitrogens with one attached hydrogen (secondary N) is 2. The first-order valence-electron chi connectivity index (χ1n) is 10.9. The minimum atomic E-state index is -0.594. The summed E-state index contributed by atoms with van der Waals surface area (Å²) in [6, 6.07) is 18.7. The van der Waals surface area contributed by atoms with Crippen molar-refractivity contribution in [2.45, 2.75) is 25.7 Å². The Balaban J connectivity index is 1.58. The van der Waals surface area contributed by atoms with Crippen LogP contribution in [0.4, 0.5) is 17.3 Å². The van der Waals surface area contributed by atoms with Crippen molar-refractivity contribution in [2.75, 3.05) is 23.4 Å². The zero-order chi connectivity index (χ0) is 23.2.